The normalized spacial score (nSPS) is 11.2. The van der Waals surface area contributed by atoms with Crippen LogP contribution in [0.2, 0.25) is 0 Å². The molecular weight excluding hydrogens is 374 g/mol. The fourth-order valence-corrected chi connectivity index (χ4v) is 2.90. The van der Waals surface area contributed by atoms with Gasteiger partial charge in [-0.15, -0.1) is 20.4 Å². The van der Waals surface area contributed by atoms with Gasteiger partial charge in [0.05, 0.1) is 6.20 Å². The third-order valence-corrected chi connectivity index (χ3v) is 4.21. The molecule has 5 aromatic heterocycles. The van der Waals surface area contributed by atoms with Gasteiger partial charge in [0, 0.05) is 31.1 Å². The zero-order valence-electron chi connectivity index (χ0n) is 15.6. The van der Waals surface area contributed by atoms with Gasteiger partial charge in [-0.1, -0.05) is 10.4 Å². The highest BCUT2D eigenvalue weighted by atomic mass is 16.5. The Labute approximate surface area is 164 Å². The number of aryl methyl sites for hydroxylation is 2. The Bertz CT molecular complexity index is 1290. The van der Waals surface area contributed by atoms with Crippen molar-refractivity contribution in [3.05, 3.63) is 54.3 Å². The minimum Gasteiger partial charge on any atom is -0.470 e. The van der Waals surface area contributed by atoms with Crippen molar-refractivity contribution in [2.75, 3.05) is 0 Å². The third-order valence-electron chi connectivity index (χ3n) is 4.21. The molecule has 0 atom stereocenters. The SMILES string of the molecule is Cc1cc(-c2nnc3cc(-c4ccncc4)c(OCc4cn(C)nn4)nn23)no1. The molecule has 0 N–H and O–H groups in total. The van der Waals surface area contributed by atoms with Crippen LogP contribution in [0.3, 0.4) is 0 Å². The molecule has 144 valence electrons. The molecule has 29 heavy (non-hydrogen) atoms. The first-order valence-corrected chi connectivity index (χ1v) is 8.76. The van der Waals surface area contributed by atoms with Gasteiger partial charge in [-0.05, 0) is 30.7 Å². The summed E-state index contributed by atoms with van der Waals surface area (Å²) in [6, 6.07) is 7.38. The summed E-state index contributed by atoms with van der Waals surface area (Å²) in [5.74, 6) is 1.53. The van der Waals surface area contributed by atoms with E-state index in [1.54, 1.807) is 40.9 Å². The average Bonchev–Trinajstić information content (AvgIpc) is 3.45. The second kappa shape index (κ2) is 6.78. The highest BCUT2D eigenvalue weighted by Crippen LogP contribution is 2.30. The predicted molar refractivity (Wildman–Crippen MR) is 99.6 cm³/mol. The first kappa shape index (κ1) is 17.0. The van der Waals surface area contributed by atoms with Crippen molar-refractivity contribution in [1.82, 2.24) is 44.9 Å². The van der Waals surface area contributed by atoms with Crippen LogP contribution >= 0.6 is 0 Å². The number of rotatable bonds is 5. The molecule has 0 radical (unpaired) electrons. The topological polar surface area (TPSA) is 122 Å². The minimum atomic E-state index is 0.213. The number of nitrogens with zero attached hydrogens (tertiary/aromatic N) is 9. The molecule has 11 nitrogen and oxygen atoms in total. The van der Waals surface area contributed by atoms with Crippen molar-refractivity contribution < 1.29 is 9.26 Å². The van der Waals surface area contributed by atoms with E-state index in [0.29, 0.717) is 34.5 Å². The summed E-state index contributed by atoms with van der Waals surface area (Å²) in [6.45, 7) is 2.02. The molecule has 0 amide bonds. The first-order valence-electron chi connectivity index (χ1n) is 8.76. The van der Waals surface area contributed by atoms with Crippen molar-refractivity contribution in [3.8, 4) is 28.5 Å². The Morgan fingerprint density at radius 1 is 1.10 bits per heavy atom. The van der Waals surface area contributed by atoms with Crippen LogP contribution in [0.15, 0.2) is 47.4 Å². The molecule has 11 heteroatoms. The molecule has 0 bridgehead atoms. The Morgan fingerprint density at radius 3 is 2.69 bits per heavy atom. The Hall–Kier alpha value is -4.15. The standard InChI is InChI=1S/C18H15N9O2/c1-11-7-15(24-29-11)17-22-21-16-8-14(12-3-5-19-6-4-12)18(23-27(16)17)28-10-13-9-26(2)25-20-13/h3-9H,10H2,1-2H3. The molecular formula is C18H15N9O2. The molecule has 5 rings (SSSR count). The van der Waals surface area contributed by atoms with Crippen molar-refractivity contribution in [1.29, 1.82) is 0 Å². The van der Waals surface area contributed by atoms with Gasteiger partial charge in [-0.25, -0.2) is 0 Å². The van der Waals surface area contributed by atoms with E-state index >= 15 is 0 Å². The van der Waals surface area contributed by atoms with Crippen LogP contribution in [0.4, 0.5) is 0 Å². The summed E-state index contributed by atoms with van der Waals surface area (Å²) in [6.07, 6.45) is 5.20. The smallest absolute Gasteiger partial charge is 0.240 e. The Balaban J connectivity index is 1.61. The fraction of sp³-hybridized carbons (Fsp3) is 0.167. The van der Waals surface area contributed by atoms with E-state index in [9.17, 15) is 0 Å². The molecule has 0 aliphatic rings. The van der Waals surface area contributed by atoms with E-state index in [1.807, 2.05) is 25.1 Å². The number of ether oxygens (including phenoxy) is 1. The maximum atomic E-state index is 6.00. The van der Waals surface area contributed by atoms with Crippen LogP contribution in [-0.4, -0.2) is 44.9 Å². The first-order chi connectivity index (χ1) is 14.2. The van der Waals surface area contributed by atoms with E-state index in [0.717, 1.165) is 11.1 Å². The minimum absolute atomic E-state index is 0.213. The molecule has 0 aliphatic heterocycles. The van der Waals surface area contributed by atoms with Crippen LogP contribution in [0.5, 0.6) is 5.88 Å². The molecule has 0 aromatic carbocycles. The lowest BCUT2D eigenvalue weighted by Crippen LogP contribution is -2.04. The maximum absolute atomic E-state index is 6.00. The number of hydrogen-bond donors (Lipinski definition) is 0. The van der Waals surface area contributed by atoms with Gasteiger partial charge in [-0.2, -0.15) is 4.52 Å². The summed E-state index contributed by atoms with van der Waals surface area (Å²) < 4.78 is 14.3. The number of aromatic nitrogens is 9. The molecule has 5 aromatic rings. The molecule has 5 heterocycles. The summed E-state index contributed by atoms with van der Waals surface area (Å²) >= 11 is 0. The van der Waals surface area contributed by atoms with Gasteiger partial charge >= 0.3 is 0 Å². The predicted octanol–water partition coefficient (Wildman–Crippen LogP) is 1.86. The highest BCUT2D eigenvalue weighted by Gasteiger charge is 2.18. The van der Waals surface area contributed by atoms with Crippen molar-refractivity contribution in [3.63, 3.8) is 0 Å². The van der Waals surface area contributed by atoms with E-state index < -0.39 is 0 Å². The quantitative estimate of drug-likeness (QED) is 0.443. The number of fused-ring (bicyclic) bond motifs is 1. The van der Waals surface area contributed by atoms with Gasteiger partial charge in [0.15, 0.2) is 11.3 Å². The molecule has 0 aliphatic carbocycles. The zero-order valence-corrected chi connectivity index (χ0v) is 15.6. The van der Waals surface area contributed by atoms with Gasteiger partial charge in [0.1, 0.15) is 18.1 Å². The summed E-state index contributed by atoms with van der Waals surface area (Å²) in [4.78, 5) is 4.07. The lowest BCUT2D eigenvalue weighted by atomic mass is 10.1. The summed E-state index contributed by atoms with van der Waals surface area (Å²) in [5.41, 5.74) is 3.44. The fourth-order valence-electron chi connectivity index (χ4n) is 2.90. The summed E-state index contributed by atoms with van der Waals surface area (Å²) in [7, 11) is 1.80. The van der Waals surface area contributed by atoms with Gasteiger partial charge in [-0.3, -0.25) is 9.67 Å². The third kappa shape index (κ3) is 3.18. The number of hydrogen-bond acceptors (Lipinski definition) is 9. The van der Waals surface area contributed by atoms with Crippen molar-refractivity contribution in [2.24, 2.45) is 7.05 Å². The van der Waals surface area contributed by atoms with Gasteiger partial charge < -0.3 is 9.26 Å². The molecule has 0 unspecified atom stereocenters. The van der Waals surface area contributed by atoms with E-state index in [-0.39, 0.29) is 6.61 Å². The van der Waals surface area contributed by atoms with E-state index in [4.69, 9.17) is 9.26 Å². The van der Waals surface area contributed by atoms with Gasteiger partial charge in [0.25, 0.3) is 0 Å². The largest absolute Gasteiger partial charge is 0.470 e. The zero-order chi connectivity index (χ0) is 19.8. The average molecular weight is 389 g/mol. The second-order valence-corrected chi connectivity index (χ2v) is 6.39. The monoisotopic (exact) mass is 389 g/mol. The molecule has 0 fully saturated rings. The molecule has 0 saturated carbocycles. The van der Waals surface area contributed by atoms with E-state index in [1.165, 1.54) is 0 Å². The summed E-state index contributed by atoms with van der Waals surface area (Å²) in [5, 5.41) is 25.0. The second-order valence-electron chi connectivity index (χ2n) is 6.39. The van der Waals surface area contributed by atoms with Crippen LogP contribution in [-0.2, 0) is 13.7 Å². The Kier molecular flexibility index (Phi) is 3.97. The molecule has 0 spiro atoms. The highest BCUT2D eigenvalue weighted by molar-refractivity contribution is 5.72. The van der Waals surface area contributed by atoms with Crippen LogP contribution in [0.25, 0.3) is 28.3 Å². The lowest BCUT2D eigenvalue weighted by Gasteiger charge is -2.10. The van der Waals surface area contributed by atoms with Crippen LogP contribution in [0.1, 0.15) is 11.5 Å². The van der Waals surface area contributed by atoms with Crippen molar-refractivity contribution in [2.45, 2.75) is 13.5 Å². The maximum Gasteiger partial charge on any atom is 0.240 e. The van der Waals surface area contributed by atoms with Crippen molar-refractivity contribution >= 4 is 5.65 Å². The lowest BCUT2D eigenvalue weighted by molar-refractivity contribution is 0.286. The van der Waals surface area contributed by atoms with E-state index in [2.05, 4.69) is 35.7 Å². The number of pyridine rings is 1. The Morgan fingerprint density at radius 2 is 1.97 bits per heavy atom. The van der Waals surface area contributed by atoms with Gasteiger partial charge in [0.2, 0.25) is 11.7 Å². The van der Waals surface area contributed by atoms with Crippen LogP contribution in [0, 0.1) is 6.92 Å². The molecule has 0 saturated heterocycles. The van der Waals surface area contributed by atoms with Crippen LogP contribution < -0.4 is 4.74 Å².